The minimum Gasteiger partial charge on any atom is -0.356 e. The van der Waals surface area contributed by atoms with E-state index in [2.05, 4.69) is 21.1 Å². The van der Waals surface area contributed by atoms with Crippen LogP contribution in [-0.4, -0.2) is 5.16 Å². The third-order valence-electron chi connectivity index (χ3n) is 1.63. The first-order valence-electron chi connectivity index (χ1n) is 3.63. The van der Waals surface area contributed by atoms with Crippen molar-refractivity contribution in [3.8, 4) is 11.3 Å². The highest BCUT2D eigenvalue weighted by Gasteiger charge is 2.07. The Morgan fingerprint density at radius 2 is 2.15 bits per heavy atom. The topological polar surface area (TPSA) is 26.0 Å². The summed E-state index contributed by atoms with van der Waals surface area (Å²) in [7, 11) is 0. The maximum atomic E-state index is 13.3. The molecule has 1 aromatic heterocycles. The van der Waals surface area contributed by atoms with Crippen LogP contribution in [0.5, 0.6) is 0 Å². The summed E-state index contributed by atoms with van der Waals surface area (Å²) in [5, 5.41) is 3.51. The van der Waals surface area contributed by atoms with Crippen LogP contribution in [0.2, 0.25) is 0 Å². The summed E-state index contributed by atoms with van der Waals surface area (Å²) in [6.45, 7) is 0. The number of nitrogens with zero attached hydrogens (tertiary/aromatic N) is 1. The SMILES string of the molecule is Fc1cc(Br)ccc1-c1ccno1. The first kappa shape index (κ1) is 8.44. The molecule has 0 fully saturated rings. The van der Waals surface area contributed by atoms with E-state index >= 15 is 0 Å². The van der Waals surface area contributed by atoms with Crippen molar-refractivity contribution in [3.05, 3.63) is 40.8 Å². The number of hydrogen-bond donors (Lipinski definition) is 0. The summed E-state index contributed by atoms with van der Waals surface area (Å²) in [6, 6.07) is 6.39. The van der Waals surface area contributed by atoms with Gasteiger partial charge in [0.25, 0.3) is 0 Å². The molecular formula is C9H5BrFNO. The Bertz CT molecular complexity index is 414. The first-order chi connectivity index (χ1) is 6.27. The van der Waals surface area contributed by atoms with Gasteiger partial charge < -0.3 is 4.52 Å². The van der Waals surface area contributed by atoms with Crippen LogP contribution in [0.1, 0.15) is 0 Å². The van der Waals surface area contributed by atoms with Crippen molar-refractivity contribution < 1.29 is 8.91 Å². The fraction of sp³-hybridized carbons (Fsp3) is 0. The highest BCUT2D eigenvalue weighted by Crippen LogP contribution is 2.24. The van der Waals surface area contributed by atoms with Gasteiger partial charge in [-0.05, 0) is 18.2 Å². The summed E-state index contributed by atoms with van der Waals surface area (Å²) in [6.07, 6.45) is 1.48. The van der Waals surface area contributed by atoms with Gasteiger partial charge in [-0.1, -0.05) is 21.1 Å². The normalized spacial score (nSPS) is 10.3. The van der Waals surface area contributed by atoms with E-state index in [1.165, 1.54) is 12.3 Å². The standard InChI is InChI=1S/C9H5BrFNO/c10-6-1-2-7(8(11)5-6)9-3-4-12-13-9/h1-5H. The molecule has 2 nitrogen and oxygen atoms in total. The van der Waals surface area contributed by atoms with Crippen molar-refractivity contribution in [1.82, 2.24) is 5.16 Å². The second-order valence-corrected chi connectivity index (χ2v) is 3.42. The van der Waals surface area contributed by atoms with Gasteiger partial charge in [0.1, 0.15) is 5.82 Å². The van der Waals surface area contributed by atoms with Crippen LogP contribution in [0.15, 0.2) is 39.5 Å². The summed E-state index contributed by atoms with van der Waals surface area (Å²) in [5.41, 5.74) is 0.417. The van der Waals surface area contributed by atoms with Crippen molar-refractivity contribution in [1.29, 1.82) is 0 Å². The van der Waals surface area contributed by atoms with E-state index in [9.17, 15) is 4.39 Å². The average Bonchev–Trinajstić information content (AvgIpc) is 2.56. The van der Waals surface area contributed by atoms with Gasteiger partial charge in [-0.25, -0.2) is 4.39 Å². The highest BCUT2D eigenvalue weighted by atomic mass is 79.9. The fourth-order valence-electron chi connectivity index (χ4n) is 1.04. The van der Waals surface area contributed by atoms with Crippen molar-refractivity contribution in [2.75, 3.05) is 0 Å². The van der Waals surface area contributed by atoms with Crippen molar-refractivity contribution >= 4 is 15.9 Å². The molecule has 0 amide bonds. The Balaban J connectivity index is 2.53. The van der Waals surface area contributed by atoms with Crippen LogP contribution in [0.25, 0.3) is 11.3 Å². The van der Waals surface area contributed by atoms with Crippen molar-refractivity contribution in [2.45, 2.75) is 0 Å². The lowest BCUT2D eigenvalue weighted by Gasteiger charge is -1.97. The minimum atomic E-state index is -0.328. The molecule has 0 spiro atoms. The van der Waals surface area contributed by atoms with Gasteiger partial charge in [0.05, 0.1) is 11.8 Å². The molecule has 0 bridgehead atoms. The van der Waals surface area contributed by atoms with Gasteiger partial charge in [-0.15, -0.1) is 0 Å². The molecule has 0 aliphatic carbocycles. The summed E-state index contributed by atoms with van der Waals surface area (Å²) in [5.74, 6) is 0.108. The van der Waals surface area contributed by atoms with E-state index in [0.717, 1.165) is 0 Å². The molecule has 1 aromatic carbocycles. The summed E-state index contributed by atoms with van der Waals surface area (Å²) in [4.78, 5) is 0. The van der Waals surface area contributed by atoms with Crippen LogP contribution in [0.3, 0.4) is 0 Å². The molecule has 66 valence electrons. The smallest absolute Gasteiger partial charge is 0.169 e. The molecule has 13 heavy (non-hydrogen) atoms. The van der Waals surface area contributed by atoms with Crippen LogP contribution >= 0.6 is 15.9 Å². The van der Waals surface area contributed by atoms with Crippen LogP contribution in [-0.2, 0) is 0 Å². The predicted octanol–water partition coefficient (Wildman–Crippen LogP) is 3.24. The number of aromatic nitrogens is 1. The third kappa shape index (κ3) is 1.62. The van der Waals surface area contributed by atoms with Crippen LogP contribution in [0, 0.1) is 5.82 Å². The van der Waals surface area contributed by atoms with E-state index in [1.54, 1.807) is 18.2 Å². The van der Waals surface area contributed by atoms with E-state index in [4.69, 9.17) is 4.52 Å². The molecule has 0 unspecified atom stereocenters. The zero-order valence-electron chi connectivity index (χ0n) is 6.50. The molecule has 0 aliphatic heterocycles. The Morgan fingerprint density at radius 3 is 2.77 bits per heavy atom. The summed E-state index contributed by atoms with van der Waals surface area (Å²) >= 11 is 3.17. The molecular weight excluding hydrogens is 237 g/mol. The van der Waals surface area contributed by atoms with E-state index < -0.39 is 0 Å². The zero-order valence-corrected chi connectivity index (χ0v) is 8.08. The lowest BCUT2D eigenvalue weighted by Crippen LogP contribution is -1.81. The van der Waals surface area contributed by atoms with Gasteiger partial charge >= 0.3 is 0 Å². The fourth-order valence-corrected chi connectivity index (χ4v) is 1.38. The Hall–Kier alpha value is -1.16. The zero-order chi connectivity index (χ0) is 9.26. The van der Waals surface area contributed by atoms with Crippen molar-refractivity contribution in [2.24, 2.45) is 0 Å². The molecule has 0 N–H and O–H groups in total. The minimum absolute atomic E-state index is 0.328. The summed E-state index contributed by atoms with van der Waals surface area (Å²) < 4.78 is 18.8. The van der Waals surface area contributed by atoms with Crippen molar-refractivity contribution in [3.63, 3.8) is 0 Å². The molecule has 0 aliphatic rings. The maximum absolute atomic E-state index is 13.3. The predicted molar refractivity (Wildman–Crippen MR) is 49.6 cm³/mol. The molecule has 2 rings (SSSR count). The van der Waals surface area contributed by atoms with Gasteiger partial charge in [0.15, 0.2) is 5.76 Å². The molecule has 2 aromatic rings. The Morgan fingerprint density at radius 1 is 1.31 bits per heavy atom. The van der Waals surface area contributed by atoms with Gasteiger partial charge in [-0.2, -0.15) is 0 Å². The first-order valence-corrected chi connectivity index (χ1v) is 4.43. The second-order valence-electron chi connectivity index (χ2n) is 2.50. The number of halogens is 2. The van der Waals surface area contributed by atoms with Gasteiger partial charge in [0.2, 0.25) is 0 Å². The number of rotatable bonds is 1. The molecule has 4 heteroatoms. The average molecular weight is 242 g/mol. The maximum Gasteiger partial charge on any atom is 0.169 e. The highest BCUT2D eigenvalue weighted by molar-refractivity contribution is 9.10. The van der Waals surface area contributed by atoms with E-state index in [1.807, 2.05) is 0 Å². The molecule has 0 saturated heterocycles. The molecule has 0 atom stereocenters. The van der Waals surface area contributed by atoms with Gasteiger partial charge in [0, 0.05) is 10.5 Å². The molecule has 1 heterocycles. The lowest BCUT2D eigenvalue weighted by atomic mass is 10.2. The Labute approximate surface area is 82.5 Å². The Kier molecular flexibility index (Phi) is 2.14. The number of benzene rings is 1. The van der Waals surface area contributed by atoms with Crippen LogP contribution < -0.4 is 0 Å². The van der Waals surface area contributed by atoms with Gasteiger partial charge in [-0.3, -0.25) is 0 Å². The third-order valence-corrected chi connectivity index (χ3v) is 2.13. The molecule has 0 saturated carbocycles. The van der Waals surface area contributed by atoms with Crippen LogP contribution in [0.4, 0.5) is 4.39 Å². The molecule has 0 radical (unpaired) electrons. The lowest BCUT2D eigenvalue weighted by molar-refractivity contribution is 0.430. The largest absolute Gasteiger partial charge is 0.356 e. The quantitative estimate of drug-likeness (QED) is 0.767. The number of hydrogen-bond acceptors (Lipinski definition) is 2. The second kappa shape index (κ2) is 3.30. The monoisotopic (exact) mass is 241 g/mol. The van der Waals surface area contributed by atoms with E-state index in [0.29, 0.717) is 15.8 Å². The van der Waals surface area contributed by atoms with E-state index in [-0.39, 0.29) is 5.82 Å².